The fraction of sp³-hybridized carbons (Fsp3) is 0.500. The molecule has 2 aliphatic rings. The number of carbonyl (C=O) groups is 2. The van der Waals surface area contributed by atoms with Crippen molar-refractivity contribution in [3.63, 3.8) is 0 Å². The second-order valence-corrected chi connectivity index (χ2v) is 8.11. The number of rotatable bonds is 5. The Morgan fingerprint density at radius 3 is 2.59 bits per heavy atom. The SMILES string of the molecule is Cl.NCCCC(=O)N1CCN(S(=O)(=O)c2ccc3c(c2)NC(=O)CO3)CC1. The van der Waals surface area contributed by atoms with Crippen LogP contribution in [0.15, 0.2) is 23.1 Å². The largest absolute Gasteiger partial charge is 0.482 e. The minimum atomic E-state index is -3.71. The number of anilines is 1. The number of nitrogens with two attached hydrogens (primary N) is 1. The second-order valence-electron chi connectivity index (χ2n) is 6.17. The van der Waals surface area contributed by atoms with E-state index in [0.717, 1.165) is 0 Å². The maximum Gasteiger partial charge on any atom is 0.262 e. The Kier molecular flexibility index (Phi) is 7.04. The molecule has 0 aromatic heterocycles. The van der Waals surface area contributed by atoms with E-state index in [1.165, 1.54) is 22.5 Å². The van der Waals surface area contributed by atoms with Crippen LogP contribution < -0.4 is 15.8 Å². The van der Waals surface area contributed by atoms with Crippen molar-refractivity contribution in [2.45, 2.75) is 17.7 Å². The van der Waals surface area contributed by atoms with E-state index in [1.54, 1.807) is 4.90 Å². The molecule has 2 amide bonds. The summed E-state index contributed by atoms with van der Waals surface area (Å²) in [4.78, 5) is 25.2. The van der Waals surface area contributed by atoms with Gasteiger partial charge < -0.3 is 20.7 Å². The Balaban J connectivity index is 0.00000261. The zero-order valence-electron chi connectivity index (χ0n) is 14.7. The monoisotopic (exact) mass is 418 g/mol. The fourth-order valence-corrected chi connectivity index (χ4v) is 4.41. The van der Waals surface area contributed by atoms with Crippen molar-refractivity contribution in [3.8, 4) is 5.75 Å². The number of halogens is 1. The van der Waals surface area contributed by atoms with Crippen molar-refractivity contribution in [3.05, 3.63) is 18.2 Å². The Morgan fingerprint density at radius 2 is 1.93 bits per heavy atom. The summed E-state index contributed by atoms with van der Waals surface area (Å²) in [6.07, 6.45) is 1.01. The summed E-state index contributed by atoms with van der Waals surface area (Å²) < 4.78 is 32.3. The second kappa shape index (κ2) is 8.87. The number of piperazine rings is 1. The van der Waals surface area contributed by atoms with Gasteiger partial charge in [-0.15, -0.1) is 12.4 Å². The molecule has 1 aromatic carbocycles. The first-order chi connectivity index (χ1) is 12.4. The van der Waals surface area contributed by atoms with Gasteiger partial charge in [0, 0.05) is 32.6 Å². The van der Waals surface area contributed by atoms with Gasteiger partial charge in [0.25, 0.3) is 5.91 Å². The summed E-state index contributed by atoms with van der Waals surface area (Å²) in [7, 11) is -3.71. The van der Waals surface area contributed by atoms with E-state index in [-0.39, 0.29) is 48.8 Å². The summed E-state index contributed by atoms with van der Waals surface area (Å²) in [5.41, 5.74) is 5.76. The van der Waals surface area contributed by atoms with Crippen LogP contribution in [0.5, 0.6) is 5.75 Å². The molecule has 0 atom stereocenters. The maximum absolute atomic E-state index is 12.9. The molecular formula is C16H23ClN4O5S. The third-order valence-corrected chi connectivity index (χ3v) is 6.30. The minimum Gasteiger partial charge on any atom is -0.482 e. The standard InChI is InChI=1S/C16H22N4O5S.ClH/c17-5-1-2-16(22)19-6-8-20(9-7-19)26(23,24)12-3-4-14-13(10-12)18-15(21)11-25-14;/h3-4,10H,1-2,5-9,11,17H2,(H,18,21);1H. The molecule has 0 bridgehead atoms. The van der Waals surface area contributed by atoms with Crippen LogP contribution in [-0.2, 0) is 19.6 Å². The molecule has 0 aliphatic carbocycles. The van der Waals surface area contributed by atoms with E-state index >= 15 is 0 Å². The molecule has 150 valence electrons. The summed E-state index contributed by atoms with van der Waals surface area (Å²) in [5, 5.41) is 2.61. The molecule has 0 spiro atoms. The molecule has 0 radical (unpaired) electrons. The lowest BCUT2D eigenvalue weighted by Crippen LogP contribution is -2.50. The highest BCUT2D eigenvalue weighted by Gasteiger charge is 2.31. The number of ether oxygens (including phenoxy) is 1. The van der Waals surface area contributed by atoms with Gasteiger partial charge in [-0.3, -0.25) is 9.59 Å². The molecule has 2 aliphatic heterocycles. The first-order valence-corrected chi connectivity index (χ1v) is 9.90. The molecule has 9 nitrogen and oxygen atoms in total. The van der Waals surface area contributed by atoms with E-state index in [4.69, 9.17) is 10.5 Å². The molecule has 0 saturated carbocycles. The normalized spacial score (nSPS) is 17.4. The van der Waals surface area contributed by atoms with Crippen LogP contribution in [0.25, 0.3) is 0 Å². The number of hydrogen-bond donors (Lipinski definition) is 2. The van der Waals surface area contributed by atoms with Gasteiger partial charge in [-0.2, -0.15) is 4.31 Å². The van der Waals surface area contributed by atoms with Crippen molar-refractivity contribution in [1.29, 1.82) is 0 Å². The molecule has 1 aromatic rings. The van der Waals surface area contributed by atoms with Gasteiger partial charge in [-0.1, -0.05) is 0 Å². The molecule has 1 saturated heterocycles. The van der Waals surface area contributed by atoms with Gasteiger partial charge in [0.1, 0.15) is 5.75 Å². The average molecular weight is 419 g/mol. The van der Waals surface area contributed by atoms with Gasteiger partial charge in [0.15, 0.2) is 6.61 Å². The van der Waals surface area contributed by atoms with Crippen LogP contribution in [0.1, 0.15) is 12.8 Å². The van der Waals surface area contributed by atoms with Gasteiger partial charge in [-0.25, -0.2) is 8.42 Å². The highest BCUT2D eigenvalue weighted by atomic mass is 35.5. The molecular weight excluding hydrogens is 396 g/mol. The lowest BCUT2D eigenvalue weighted by Gasteiger charge is -2.34. The van der Waals surface area contributed by atoms with Gasteiger partial charge in [0.2, 0.25) is 15.9 Å². The Hall–Kier alpha value is -1.88. The lowest BCUT2D eigenvalue weighted by molar-refractivity contribution is -0.132. The maximum atomic E-state index is 12.9. The predicted molar refractivity (Wildman–Crippen MR) is 101 cm³/mol. The molecule has 3 rings (SSSR count). The number of amides is 2. The fourth-order valence-electron chi connectivity index (χ4n) is 2.96. The smallest absolute Gasteiger partial charge is 0.262 e. The van der Waals surface area contributed by atoms with Gasteiger partial charge in [0.05, 0.1) is 10.6 Å². The molecule has 2 heterocycles. The Bertz CT molecular complexity index is 809. The van der Waals surface area contributed by atoms with Crippen LogP contribution in [0, 0.1) is 0 Å². The van der Waals surface area contributed by atoms with E-state index in [0.29, 0.717) is 43.9 Å². The first-order valence-electron chi connectivity index (χ1n) is 8.46. The Morgan fingerprint density at radius 1 is 1.22 bits per heavy atom. The van der Waals surface area contributed by atoms with E-state index in [2.05, 4.69) is 5.32 Å². The van der Waals surface area contributed by atoms with Crippen molar-refractivity contribution in [1.82, 2.24) is 9.21 Å². The van der Waals surface area contributed by atoms with Crippen LogP contribution >= 0.6 is 12.4 Å². The van der Waals surface area contributed by atoms with Crippen LogP contribution in [-0.4, -0.2) is 68.8 Å². The van der Waals surface area contributed by atoms with Gasteiger partial charge >= 0.3 is 0 Å². The number of nitrogens with one attached hydrogen (secondary N) is 1. The highest BCUT2D eigenvalue weighted by molar-refractivity contribution is 7.89. The van der Waals surface area contributed by atoms with Gasteiger partial charge in [-0.05, 0) is 31.2 Å². The first kappa shape index (κ1) is 21.4. The van der Waals surface area contributed by atoms with Crippen LogP contribution in [0.3, 0.4) is 0 Å². The number of fused-ring (bicyclic) bond motifs is 1. The third kappa shape index (κ3) is 4.70. The van der Waals surface area contributed by atoms with E-state index in [9.17, 15) is 18.0 Å². The zero-order chi connectivity index (χ0) is 18.7. The number of benzene rings is 1. The topological polar surface area (TPSA) is 122 Å². The molecule has 11 heteroatoms. The third-order valence-electron chi connectivity index (χ3n) is 4.41. The number of carbonyl (C=O) groups excluding carboxylic acids is 2. The molecule has 27 heavy (non-hydrogen) atoms. The van der Waals surface area contributed by atoms with Crippen molar-refractivity contribution >= 4 is 39.9 Å². The van der Waals surface area contributed by atoms with Crippen molar-refractivity contribution < 1.29 is 22.7 Å². The molecule has 0 unspecified atom stereocenters. The minimum absolute atomic E-state index is 0. The quantitative estimate of drug-likeness (QED) is 0.694. The summed E-state index contributed by atoms with van der Waals surface area (Å²) in [6, 6.07) is 4.40. The number of hydrogen-bond acceptors (Lipinski definition) is 6. The predicted octanol–water partition coefficient (Wildman–Crippen LogP) is 0.0111. The molecule has 1 fully saturated rings. The van der Waals surface area contributed by atoms with Crippen LogP contribution in [0.2, 0.25) is 0 Å². The highest BCUT2D eigenvalue weighted by Crippen LogP contribution is 2.31. The average Bonchev–Trinajstić information content (AvgIpc) is 2.65. The number of sulfonamides is 1. The van der Waals surface area contributed by atoms with Crippen molar-refractivity contribution in [2.24, 2.45) is 5.73 Å². The summed E-state index contributed by atoms with van der Waals surface area (Å²) in [6.45, 7) is 1.55. The summed E-state index contributed by atoms with van der Waals surface area (Å²) >= 11 is 0. The van der Waals surface area contributed by atoms with Crippen LogP contribution in [0.4, 0.5) is 5.69 Å². The molecule has 3 N–H and O–H groups in total. The zero-order valence-corrected chi connectivity index (χ0v) is 16.4. The summed E-state index contributed by atoms with van der Waals surface area (Å²) in [5.74, 6) is 0.122. The van der Waals surface area contributed by atoms with E-state index < -0.39 is 10.0 Å². The van der Waals surface area contributed by atoms with Crippen molar-refractivity contribution in [2.75, 3.05) is 44.6 Å². The number of nitrogens with zero attached hydrogens (tertiary/aromatic N) is 2. The Labute approximate surface area is 164 Å². The lowest BCUT2D eigenvalue weighted by atomic mass is 10.2. The van der Waals surface area contributed by atoms with E-state index in [1.807, 2.05) is 0 Å².